The van der Waals surface area contributed by atoms with Gasteiger partial charge in [-0.1, -0.05) is 32.9 Å². The standard InChI is InChI=1S/C20H25N3O2/c1-4-16(24)19-15(11-20(2,3)12-17(19)25)21-10-9-18-22-13-7-5-6-8-14(13)23-18/h5-8,24H,4,9-12H2,1-3H3,(H,22,23)/b19-16+,21-15?. The third kappa shape index (κ3) is 3.81. The van der Waals surface area contributed by atoms with Gasteiger partial charge in [-0.3, -0.25) is 9.79 Å². The largest absolute Gasteiger partial charge is 0.512 e. The number of imidazole rings is 1. The van der Waals surface area contributed by atoms with Crippen molar-refractivity contribution in [2.45, 2.75) is 46.5 Å². The van der Waals surface area contributed by atoms with E-state index >= 15 is 0 Å². The molecule has 1 heterocycles. The Labute approximate surface area is 147 Å². The summed E-state index contributed by atoms with van der Waals surface area (Å²) in [6.45, 7) is 6.53. The molecular weight excluding hydrogens is 314 g/mol. The van der Waals surface area contributed by atoms with Crippen molar-refractivity contribution in [1.82, 2.24) is 9.97 Å². The zero-order chi connectivity index (χ0) is 18.0. The van der Waals surface area contributed by atoms with Crippen LogP contribution in [0.25, 0.3) is 11.0 Å². The molecule has 1 fully saturated rings. The van der Waals surface area contributed by atoms with Gasteiger partial charge in [0.25, 0.3) is 0 Å². The minimum atomic E-state index is -0.118. The van der Waals surface area contributed by atoms with Crippen LogP contribution in [0.2, 0.25) is 0 Å². The maximum Gasteiger partial charge on any atom is 0.168 e. The maximum absolute atomic E-state index is 12.5. The summed E-state index contributed by atoms with van der Waals surface area (Å²) in [7, 11) is 0. The van der Waals surface area contributed by atoms with E-state index in [4.69, 9.17) is 0 Å². The molecule has 1 aromatic carbocycles. The number of Topliss-reactive ketones (excluding diaryl/α,β-unsaturated/α-hetero) is 1. The summed E-state index contributed by atoms with van der Waals surface area (Å²) in [5.74, 6) is 1.04. The lowest BCUT2D eigenvalue weighted by Crippen LogP contribution is -2.32. The van der Waals surface area contributed by atoms with Crippen molar-refractivity contribution in [2.24, 2.45) is 10.4 Å². The van der Waals surface area contributed by atoms with Gasteiger partial charge < -0.3 is 10.1 Å². The number of nitrogens with one attached hydrogen (secondary N) is 1. The number of aliphatic hydroxyl groups is 1. The fourth-order valence-corrected chi connectivity index (χ4v) is 3.35. The summed E-state index contributed by atoms with van der Waals surface area (Å²) in [6, 6.07) is 7.92. The number of hydrogen-bond donors (Lipinski definition) is 2. The van der Waals surface area contributed by atoms with Crippen molar-refractivity contribution < 1.29 is 9.90 Å². The van der Waals surface area contributed by atoms with Crippen LogP contribution in [-0.2, 0) is 11.2 Å². The molecule has 2 N–H and O–H groups in total. The van der Waals surface area contributed by atoms with E-state index in [1.807, 2.05) is 31.2 Å². The van der Waals surface area contributed by atoms with Gasteiger partial charge in [-0.2, -0.15) is 0 Å². The number of carbonyl (C=O) groups excluding carboxylic acids is 1. The van der Waals surface area contributed by atoms with Crippen LogP contribution in [0.3, 0.4) is 0 Å². The van der Waals surface area contributed by atoms with E-state index < -0.39 is 0 Å². The van der Waals surface area contributed by atoms with Crippen LogP contribution in [0.4, 0.5) is 0 Å². The SMILES string of the molecule is CC/C(O)=C1\C(=O)CC(C)(C)CC1=NCCc1nc2ccccc2[nH]1. The molecule has 0 bridgehead atoms. The van der Waals surface area contributed by atoms with Crippen molar-refractivity contribution in [3.05, 3.63) is 41.4 Å². The average Bonchev–Trinajstić information content (AvgIpc) is 2.95. The van der Waals surface area contributed by atoms with Gasteiger partial charge in [-0.05, 0) is 24.0 Å². The van der Waals surface area contributed by atoms with E-state index in [0.29, 0.717) is 37.8 Å². The number of aromatic amines is 1. The molecule has 0 amide bonds. The molecule has 132 valence electrons. The third-order valence-electron chi connectivity index (χ3n) is 4.57. The molecule has 0 radical (unpaired) electrons. The summed E-state index contributed by atoms with van der Waals surface area (Å²) in [6.07, 6.45) is 2.28. The fourth-order valence-electron chi connectivity index (χ4n) is 3.35. The fraction of sp³-hybridized carbons (Fsp3) is 0.450. The van der Waals surface area contributed by atoms with E-state index in [1.54, 1.807) is 0 Å². The number of aliphatic hydroxyl groups excluding tert-OH is 1. The summed E-state index contributed by atoms with van der Waals surface area (Å²) in [5.41, 5.74) is 3.02. The Morgan fingerprint density at radius 3 is 2.80 bits per heavy atom. The van der Waals surface area contributed by atoms with E-state index in [-0.39, 0.29) is 17.0 Å². The molecule has 1 aliphatic rings. The summed E-state index contributed by atoms with van der Waals surface area (Å²) < 4.78 is 0. The van der Waals surface area contributed by atoms with Gasteiger partial charge in [-0.15, -0.1) is 0 Å². The monoisotopic (exact) mass is 339 g/mol. The molecule has 0 spiro atoms. The number of aliphatic imine (C=N–C) groups is 1. The summed E-state index contributed by atoms with van der Waals surface area (Å²) >= 11 is 0. The first-order valence-electron chi connectivity index (χ1n) is 8.82. The molecule has 1 saturated carbocycles. The quantitative estimate of drug-likeness (QED) is 0.648. The number of H-pyrrole nitrogens is 1. The zero-order valence-corrected chi connectivity index (χ0v) is 15.1. The Balaban J connectivity index is 1.80. The van der Waals surface area contributed by atoms with Gasteiger partial charge in [0, 0.05) is 31.5 Å². The van der Waals surface area contributed by atoms with Crippen LogP contribution in [0.1, 0.15) is 45.9 Å². The van der Waals surface area contributed by atoms with Crippen LogP contribution in [0, 0.1) is 5.41 Å². The van der Waals surface area contributed by atoms with Gasteiger partial charge >= 0.3 is 0 Å². The number of rotatable bonds is 4. The first kappa shape index (κ1) is 17.4. The second kappa shape index (κ2) is 6.82. The van der Waals surface area contributed by atoms with Crippen molar-refractivity contribution in [3.8, 4) is 0 Å². The molecule has 5 nitrogen and oxygen atoms in total. The molecule has 0 atom stereocenters. The lowest BCUT2D eigenvalue weighted by Gasteiger charge is -2.31. The Bertz CT molecular complexity index is 826. The molecule has 5 heteroatoms. The van der Waals surface area contributed by atoms with Crippen molar-refractivity contribution in [1.29, 1.82) is 0 Å². The number of benzene rings is 1. The first-order chi connectivity index (χ1) is 11.9. The second-order valence-electron chi connectivity index (χ2n) is 7.40. The second-order valence-corrected chi connectivity index (χ2v) is 7.40. The number of allylic oxidation sites excluding steroid dienone is 2. The molecule has 0 saturated heterocycles. The zero-order valence-electron chi connectivity index (χ0n) is 15.1. The highest BCUT2D eigenvalue weighted by molar-refractivity contribution is 6.24. The maximum atomic E-state index is 12.5. The highest BCUT2D eigenvalue weighted by atomic mass is 16.3. The van der Waals surface area contributed by atoms with E-state index in [2.05, 4.69) is 28.8 Å². The van der Waals surface area contributed by atoms with Crippen molar-refractivity contribution >= 4 is 22.5 Å². The highest BCUT2D eigenvalue weighted by Gasteiger charge is 2.35. The van der Waals surface area contributed by atoms with Gasteiger partial charge in [0.15, 0.2) is 5.78 Å². The lowest BCUT2D eigenvalue weighted by molar-refractivity contribution is -0.117. The number of ketones is 1. The Morgan fingerprint density at radius 1 is 1.32 bits per heavy atom. The molecule has 2 aromatic rings. The average molecular weight is 339 g/mol. The van der Waals surface area contributed by atoms with E-state index in [9.17, 15) is 9.90 Å². The summed E-state index contributed by atoms with van der Waals surface area (Å²) in [5, 5.41) is 10.2. The topological polar surface area (TPSA) is 78.3 Å². The van der Waals surface area contributed by atoms with Crippen molar-refractivity contribution in [2.75, 3.05) is 6.54 Å². The third-order valence-corrected chi connectivity index (χ3v) is 4.57. The Kier molecular flexibility index (Phi) is 4.75. The minimum absolute atomic E-state index is 0.00177. The van der Waals surface area contributed by atoms with Gasteiger partial charge in [-0.25, -0.2) is 4.98 Å². The van der Waals surface area contributed by atoms with Crippen LogP contribution >= 0.6 is 0 Å². The lowest BCUT2D eigenvalue weighted by atomic mass is 9.73. The molecule has 0 aliphatic heterocycles. The smallest absolute Gasteiger partial charge is 0.168 e. The number of carbonyl (C=O) groups is 1. The Hall–Kier alpha value is -2.43. The minimum Gasteiger partial charge on any atom is -0.512 e. The van der Waals surface area contributed by atoms with E-state index in [1.165, 1.54) is 0 Å². The first-order valence-corrected chi connectivity index (χ1v) is 8.82. The van der Waals surface area contributed by atoms with Crippen LogP contribution < -0.4 is 0 Å². The van der Waals surface area contributed by atoms with Crippen LogP contribution in [-0.4, -0.2) is 33.1 Å². The number of fused-ring (bicyclic) bond motifs is 1. The molecule has 1 aliphatic carbocycles. The van der Waals surface area contributed by atoms with Gasteiger partial charge in [0.1, 0.15) is 11.6 Å². The molecule has 25 heavy (non-hydrogen) atoms. The van der Waals surface area contributed by atoms with Gasteiger partial charge in [0.2, 0.25) is 0 Å². The van der Waals surface area contributed by atoms with Crippen LogP contribution in [0.15, 0.2) is 40.6 Å². The highest BCUT2D eigenvalue weighted by Crippen LogP contribution is 2.35. The normalized spacial score (nSPS) is 21.1. The van der Waals surface area contributed by atoms with E-state index in [0.717, 1.165) is 22.6 Å². The molecule has 0 unspecified atom stereocenters. The number of hydrogen-bond acceptors (Lipinski definition) is 4. The molecule has 1 aromatic heterocycles. The molecular formula is C20H25N3O2. The number of nitrogens with zero attached hydrogens (tertiary/aromatic N) is 2. The molecule has 3 rings (SSSR count). The Morgan fingerprint density at radius 2 is 2.08 bits per heavy atom. The number of aromatic nitrogens is 2. The van der Waals surface area contributed by atoms with Gasteiger partial charge in [0.05, 0.1) is 16.6 Å². The van der Waals surface area contributed by atoms with Crippen molar-refractivity contribution in [3.63, 3.8) is 0 Å². The van der Waals surface area contributed by atoms with Crippen LogP contribution in [0.5, 0.6) is 0 Å². The predicted molar refractivity (Wildman–Crippen MR) is 100 cm³/mol. The predicted octanol–water partition coefficient (Wildman–Crippen LogP) is 4.16. The number of para-hydroxylation sites is 2. The summed E-state index contributed by atoms with van der Waals surface area (Å²) in [4.78, 5) is 25.0.